The van der Waals surface area contributed by atoms with Gasteiger partial charge in [-0.1, -0.05) is 44.2 Å². The van der Waals surface area contributed by atoms with Crippen LogP contribution >= 0.6 is 0 Å². The van der Waals surface area contributed by atoms with E-state index in [0.717, 1.165) is 12.0 Å². The summed E-state index contributed by atoms with van der Waals surface area (Å²) in [6.07, 6.45) is 4.11. The van der Waals surface area contributed by atoms with E-state index in [1.54, 1.807) is 0 Å². The van der Waals surface area contributed by atoms with Gasteiger partial charge in [-0.3, -0.25) is 9.80 Å². The zero-order valence-electron chi connectivity index (χ0n) is 13.0. The zero-order chi connectivity index (χ0) is 13.9. The van der Waals surface area contributed by atoms with Crippen molar-refractivity contribution in [2.24, 2.45) is 5.92 Å². The first-order valence-corrected chi connectivity index (χ1v) is 8.27. The molecule has 2 aliphatic rings. The molecule has 2 heterocycles. The van der Waals surface area contributed by atoms with E-state index in [-0.39, 0.29) is 0 Å². The lowest BCUT2D eigenvalue weighted by Gasteiger charge is -2.44. The summed E-state index contributed by atoms with van der Waals surface area (Å²) in [5, 5.41) is 0. The molecule has 2 fully saturated rings. The predicted octanol–water partition coefficient (Wildman–Crippen LogP) is 3.55. The topological polar surface area (TPSA) is 6.48 Å². The first-order chi connectivity index (χ1) is 9.74. The molecule has 2 atom stereocenters. The lowest BCUT2D eigenvalue weighted by molar-refractivity contribution is 0.0474. The first-order valence-electron chi connectivity index (χ1n) is 8.27. The molecule has 0 saturated carbocycles. The Morgan fingerprint density at radius 3 is 2.70 bits per heavy atom. The molecule has 0 amide bonds. The van der Waals surface area contributed by atoms with E-state index in [2.05, 4.69) is 54.0 Å². The molecule has 2 nitrogen and oxygen atoms in total. The fraction of sp³-hybridized carbons (Fsp3) is 0.667. The van der Waals surface area contributed by atoms with Crippen molar-refractivity contribution in [3.05, 3.63) is 35.9 Å². The van der Waals surface area contributed by atoms with Gasteiger partial charge >= 0.3 is 0 Å². The van der Waals surface area contributed by atoms with Gasteiger partial charge in [0.05, 0.1) is 0 Å². The highest BCUT2D eigenvalue weighted by atomic mass is 15.3. The van der Waals surface area contributed by atoms with Crippen LogP contribution in [0, 0.1) is 5.92 Å². The first kappa shape index (κ1) is 14.1. The molecular formula is C18H28N2. The third kappa shape index (κ3) is 3.07. The van der Waals surface area contributed by atoms with Crippen molar-refractivity contribution in [3.63, 3.8) is 0 Å². The third-order valence-electron chi connectivity index (χ3n) is 4.97. The van der Waals surface area contributed by atoms with Crippen molar-refractivity contribution in [2.45, 2.75) is 45.2 Å². The van der Waals surface area contributed by atoms with Crippen LogP contribution in [0.5, 0.6) is 0 Å². The van der Waals surface area contributed by atoms with Crippen LogP contribution in [-0.4, -0.2) is 42.0 Å². The lowest BCUT2D eigenvalue weighted by atomic mass is 9.98. The molecule has 0 bridgehead atoms. The summed E-state index contributed by atoms with van der Waals surface area (Å²) in [6.45, 7) is 9.74. The fourth-order valence-corrected chi connectivity index (χ4v) is 3.74. The lowest BCUT2D eigenvalue weighted by Crippen LogP contribution is -2.52. The van der Waals surface area contributed by atoms with Crippen molar-refractivity contribution < 1.29 is 0 Å². The minimum absolute atomic E-state index is 0.601. The van der Waals surface area contributed by atoms with Gasteiger partial charge in [-0.05, 0) is 43.8 Å². The van der Waals surface area contributed by atoms with Gasteiger partial charge in [-0.15, -0.1) is 0 Å². The molecule has 20 heavy (non-hydrogen) atoms. The number of rotatable bonds is 4. The molecule has 0 radical (unpaired) electrons. The van der Waals surface area contributed by atoms with Crippen LogP contribution in [0.1, 0.15) is 44.7 Å². The second-order valence-electron chi connectivity index (χ2n) is 6.89. The number of fused-ring (bicyclic) bond motifs is 1. The van der Waals surface area contributed by atoms with E-state index >= 15 is 0 Å². The van der Waals surface area contributed by atoms with Gasteiger partial charge in [0.2, 0.25) is 0 Å². The Kier molecular flexibility index (Phi) is 4.42. The predicted molar refractivity (Wildman–Crippen MR) is 84.8 cm³/mol. The van der Waals surface area contributed by atoms with Gasteiger partial charge in [-0.25, -0.2) is 0 Å². The van der Waals surface area contributed by atoms with Gasteiger partial charge in [-0.2, -0.15) is 0 Å². The Labute approximate surface area is 123 Å². The van der Waals surface area contributed by atoms with Crippen molar-refractivity contribution in [3.8, 4) is 0 Å². The van der Waals surface area contributed by atoms with Crippen LogP contribution in [-0.2, 0) is 0 Å². The quantitative estimate of drug-likeness (QED) is 0.827. The normalized spacial score (nSPS) is 27.9. The number of benzene rings is 1. The van der Waals surface area contributed by atoms with E-state index in [4.69, 9.17) is 0 Å². The number of hydrogen-bond donors (Lipinski definition) is 0. The Hall–Kier alpha value is -0.860. The highest BCUT2D eigenvalue weighted by molar-refractivity contribution is 5.20. The molecule has 2 aliphatic heterocycles. The zero-order valence-corrected chi connectivity index (χ0v) is 13.0. The van der Waals surface area contributed by atoms with Crippen LogP contribution in [0.4, 0.5) is 0 Å². The summed E-state index contributed by atoms with van der Waals surface area (Å²) in [5.41, 5.74) is 1.50. The Morgan fingerprint density at radius 1 is 1.15 bits per heavy atom. The smallest absolute Gasteiger partial charge is 0.0475 e. The van der Waals surface area contributed by atoms with Crippen LogP contribution in [0.2, 0.25) is 0 Å². The highest BCUT2D eigenvalue weighted by Gasteiger charge is 2.36. The standard InChI is InChI=1S/C18H28N2/c1-15(2)10-12-20-13-17-9-6-11-19(17)14-18(20)16-7-4-3-5-8-16/h3-5,7-8,15,17-18H,6,9-14H2,1-2H3. The van der Waals surface area contributed by atoms with Gasteiger partial charge in [0.1, 0.15) is 0 Å². The summed E-state index contributed by atoms with van der Waals surface area (Å²) in [4.78, 5) is 5.48. The Balaban J connectivity index is 1.75. The van der Waals surface area contributed by atoms with E-state index in [0.29, 0.717) is 6.04 Å². The minimum atomic E-state index is 0.601. The molecule has 0 aliphatic carbocycles. The maximum absolute atomic E-state index is 2.75. The van der Waals surface area contributed by atoms with E-state index < -0.39 is 0 Å². The average molecular weight is 272 g/mol. The maximum atomic E-state index is 2.75. The molecule has 0 N–H and O–H groups in total. The molecule has 1 aromatic carbocycles. The van der Waals surface area contributed by atoms with Crippen LogP contribution in [0.15, 0.2) is 30.3 Å². The molecule has 0 spiro atoms. The molecule has 2 unspecified atom stereocenters. The molecule has 2 saturated heterocycles. The van der Waals surface area contributed by atoms with Gasteiger partial charge < -0.3 is 0 Å². The summed E-state index contributed by atoms with van der Waals surface area (Å²) < 4.78 is 0. The Bertz CT molecular complexity index is 415. The average Bonchev–Trinajstić information content (AvgIpc) is 2.92. The number of hydrogen-bond acceptors (Lipinski definition) is 2. The van der Waals surface area contributed by atoms with Gasteiger partial charge in [0.15, 0.2) is 0 Å². The maximum Gasteiger partial charge on any atom is 0.0475 e. The van der Waals surface area contributed by atoms with Crippen molar-refractivity contribution >= 4 is 0 Å². The van der Waals surface area contributed by atoms with Gasteiger partial charge in [0.25, 0.3) is 0 Å². The monoisotopic (exact) mass is 272 g/mol. The number of piperazine rings is 1. The Morgan fingerprint density at radius 2 is 1.95 bits per heavy atom. The van der Waals surface area contributed by atoms with E-state index in [1.807, 2.05) is 0 Å². The van der Waals surface area contributed by atoms with E-state index in [1.165, 1.54) is 51.0 Å². The van der Waals surface area contributed by atoms with Crippen molar-refractivity contribution in [1.29, 1.82) is 0 Å². The van der Waals surface area contributed by atoms with Crippen LogP contribution in [0.3, 0.4) is 0 Å². The summed E-state index contributed by atoms with van der Waals surface area (Å²) in [5.74, 6) is 0.799. The second-order valence-corrected chi connectivity index (χ2v) is 6.89. The third-order valence-corrected chi connectivity index (χ3v) is 4.97. The molecule has 110 valence electrons. The van der Waals surface area contributed by atoms with E-state index in [9.17, 15) is 0 Å². The second kappa shape index (κ2) is 6.28. The van der Waals surface area contributed by atoms with Crippen molar-refractivity contribution in [1.82, 2.24) is 9.80 Å². The number of nitrogens with zero attached hydrogens (tertiary/aromatic N) is 2. The van der Waals surface area contributed by atoms with Crippen LogP contribution in [0.25, 0.3) is 0 Å². The minimum Gasteiger partial charge on any atom is -0.297 e. The summed E-state index contributed by atoms with van der Waals surface area (Å²) in [7, 11) is 0. The van der Waals surface area contributed by atoms with Crippen molar-refractivity contribution in [2.75, 3.05) is 26.2 Å². The molecular weight excluding hydrogens is 244 g/mol. The summed E-state index contributed by atoms with van der Waals surface area (Å²) in [6, 6.07) is 12.5. The van der Waals surface area contributed by atoms with Crippen LogP contribution < -0.4 is 0 Å². The molecule has 3 rings (SSSR count). The summed E-state index contributed by atoms with van der Waals surface area (Å²) >= 11 is 0. The largest absolute Gasteiger partial charge is 0.297 e. The molecule has 1 aromatic rings. The molecule has 2 heteroatoms. The fourth-order valence-electron chi connectivity index (χ4n) is 3.74. The molecule has 0 aromatic heterocycles. The highest BCUT2D eigenvalue weighted by Crippen LogP contribution is 2.32. The van der Waals surface area contributed by atoms with Gasteiger partial charge in [0, 0.05) is 25.2 Å². The SMILES string of the molecule is CC(C)CCN1CC2CCCN2CC1c1ccccc1.